The van der Waals surface area contributed by atoms with Gasteiger partial charge in [-0.1, -0.05) is 29.8 Å². The van der Waals surface area contributed by atoms with Crippen molar-refractivity contribution in [1.82, 2.24) is 4.98 Å². The van der Waals surface area contributed by atoms with Crippen LogP contribution in [0.4, 0.5) is 11.5 Å². The molecule has 0 unspecified atom stereocenters. The summed E-state index contributed by atoms with van der Waals surface area (Å²) in [5.74, 6) is 1.17. The van der Waals surface area contributed by atoms with Gasteiger partial charge in [0.25, 0.3) is 0 Å². The molecule has 0 radical (unpaired) electrons. The van der Waals surface area contributed by atoms with Crippen LogP contribution in [0.1, 0.15) is 11.1 Å². The van der Waals surface area contributed by atoms with Crippen molar-refractivity contribution in [3.8, 4) is 0 Å². The van der Waals surface area contributed by atoms with E-state index in [2.05, 4.69) is 41.0 Å². The van der Waals surface area contributed by atoms with Gasteiger partial charge in [0.2, 0.25) is 0 Å². The SMILES string of the molecule is Cc1ccc2nc(N3CCS(O)(O)c4ccccc4C3)cc(N3CC(N)C3)c2c1. The molecule has 0 amide bonds. The number of fused-ring (bicyclic) bond motifs is 2. The predicted molar refractivity (Wildman–Crippen MR) is 120 cm³/mol. The van der Waals surface area contributed by atoms with Gasteiger partial charge in [-0.3, -0.25) is 9.11 Å². The summed E-state index contributed by atoms with van der Waals surface area (Å²) in [6, 6.07) is 16.3. The lowest BCUT2D eigenvalue weighted by atomic mass is 10.0. The molecule has 152 valence electrons. The average molecular weight is 411 g/mol. The third-order valence-corrected chi connectivity index (χ3v) is 7.69. The fourth-order valence-corrected chi connectivity index (χ4v) is 5.77. The predicted octanol–water partition coefficient (Wildman–Crippen LogP) is 3.82. The lowest BCUT2D eigenvalue weighted by Gasteiger charge is -2.40. The number of hydrogen-bond acceptors (Lipinski definition) is 6. The molecule has 2 aliphatic rings. The number of aryl methyl sites for hydroxylation is 1. The normalized spacial score (nSPS) is 20.1. The summed E-state index contributed by atoms with van der Waals surface area (Å²) in [5, 5.41) is 1.14. The zero-order valence-electron chi connectivity index (χ0n) is 16.5. The number of benzene rings is 2. The first-order valence-corrected chi connectivity index (χ1v) is 11.6. The van der Waals surface area contributed by atoms with Gasteiger partial charge in [-0.15, -0.1) is 0 Å². The molecule has 2 aliphatic heterocycles. The monoisotopic (exact) mass is 410 g/mol. The number of anilines is 2. The van der Waals surface area contributed by atoms with Gasteiger partial charge >= 0.3 is 0 Å². The molecule has 1 aromatic heterocycles. The van der Waals surface area contributed by atoms with Gasteiger partial charge in [0, 0.05) is 49.4 Å². The van der Waals surface area contributed by atoms with Crippen LogP contribution in [0.2, 0.25) is 0 Å². The van der Waals surface area contributed by atoms with Crippen molar-refractivity contribution >= 4 is 33.0 Å². The van der Waals surface area contributed by atoms with Crippen molar-refractivity contribution in [2.24, 2.45) is 5.73 Å². The molecular formula is C22H26N4O2S. The minimum absolute atomic E-state index is 0.213. The maximum atomic E-state index is 10.7. The lowest BCUT2D eigenvalue weighted by molar-refractivity contribution is 0.488. The fourth-order valence-electron chi connectivity index (χ4n) is 4.22. The highest BCUT2D eigenvalue weighted by Gasteiger charge is 2.29. The summed E-state index contributed by atoms with van der Waals surface area (Å²) in [6.45, 7) is 4.93. The number of pyridine rings is 1. The molecule has 0 atom stereocenters. The lowest BCUT2D eigenvalue weighted by Crippen LogP contribution is -2.56. The van der Waals surface area contributed by atoms with Crippen LogP contribution >= 0.6 is 10.6 Å². The molecular weight excluding hydrogens is 384 g/mol. The van der Waals surface area contributed by atoms with Crippen LogP contribution in [-0.4, -0.2) is 45.5 Å². The Labute approximate surface area is 172 Å². The van der Waals surface area contributed by atoms with Gasteiger partial charge in [-0.05, 0) is 30.7 Å². The third kappa shape index (κ3) is 3.34. The largest absolute Gasteiger partial charge is 0.368 e. The van der Waals surface area contributed by atoms with Crippen LogP contribution in [0.3, 0.4) is 0 Å². The molecule has 0 aliphatic carbocycles. The van der Waals surface area contributed by atoms with Crippen molar-refractivity contribution in [3.05, 3.63) is 59.7 Å². The molecule has 1 saturated heterocycles. The molecule has 0 saturated carbocycles. The van der Waals surface area contributed by atoms with E-state index in [-0.39, 0.29) is 6.04 Å². The number of rotatable bonds is 2. The first kappa shape index (κ1) is 18.7. The van der Waals surface area contributed by atoms with Crippen molar-refractivity contribution in [1.29, 1.82) is 0 Å². The Hall–Kier alpha value is -2.32. The molecule has 2 aromatic carbocycles. The summed E-state index contributed by atoms with van der Waals surface area (Å²) >= 11 is 0. The summed E-state index contributed by atoms with van der Waals surface area (Å²) in [4.78, 5) is 10.1. The number of hydrogen-bond donors (Lipinski definition) is 3. The van der Waals surface area contributed by atoms with E-state index in [1.807, 2.05) is 24.3 Å². The smallest absolute Gasteiger partial charge is 0.131 e. The van der Waals surface area contributed by atoms with Crippen molar-refractivity contribution < 1.29 is 9.11 Å². The quantitative estimate of drug-likeness (QED) is 0.595. The molecule has 3 heterocycles. The zero-order chi connectivity index (χ0) is 20.2. The number of aromatic nitrogens is 1. The Kier molecular flexibility index (Phi) is 4.43. The van der Waals surface area contributed by atoms with Crippen molar-refractivity contribution in [2.75, 3.05) is 35.2 Å². The Morgan fingerprint density at radius 3 is 2.66 bits per heavy atom. The average Bonchev–Trinajstić information content (AvgIpc) is 2.81. The molecule has 1 fully saturated rings. The van der Waals surface area contributed by atoms with E-state index in [0.717, 1.165) is 41.1 Å². The van der Waals surface area contributed by atoms with Crippen LogP contribution in [0.25, 0.3) is 10.9 Å². The van der Waals surface area contributed by atoms with Crippen molar-refractivity contribution in [3.63, 3.8) is 0 Å². The summed E-state index contributed by atoms with van der Waals surface area (Å²) < 4.78 is 21.3. The highest BCUT2D eigenvalue weighted by atomic mass is 32.3. The topological polar surface area (TPSA) is 85.9 Å². The van der Waals surface area contributed by atoms with Gasteiger partial charge < -0.3 is 15.5 Å². The van der Waals surface area contributed by atoms with Crippen LogP contribution in [-0.2, 0) is 6.54 Å². The van der Waals surface area contributed by atoms with Crippen molar-refractivity contribution in [2.45, 2.75) is 24.4 Å². The van der Waals surface area contributed by atoms with E-state index in [1.54, 1.807) is 0 Å². The molecule has 6 nitrogen and oxygen atoms in total. The fraction of sp³-hybridized carbons (Fsp3) is 0.318. The molecule has 0 spiro atoms. The second-order valence-electron chi connectivity index (χ2n) is 8.09. The molecule has 5 rings (SSSR count). The van der Waals surface area contributed by atoms with Gasteiger partial charge in [0.05, 0.1) is 16.2 Å². The van der Waals surface area contributed by atoms with Gasteiger partial charge in [0.15, 0.2) is 0 Å². The first-order chi connectivity index (χ1) is 13.9. The van der Waals surface area contributed by atoms with Gasteiger partial charge in [-0.25, -0.2) is 4.98 Å². The highest BCUT2D eigenvalue weighted by Crippen LogP contribution is 2.51. The Morgan fingerprint density at radius 2 is 1.86 bits per heavy atom. The molecule has 4 N–H and O–H groups in total. The third-order valence-electron chi connectivity index (χ3n) is 5.84. The molecule has 0 bridgehead atoms. The van der Waals surface area contributed by atoms with E-state index in [9.17, 15) is 9.11 Å². The summed E-state index contributed by atoms with van der Waals surface area (Å²) in [6.07, 6.45) is 0. The molecule has 7 heteroatoms. The molecule has 3 aromatic rings. The minimum Gasteiger partial charge on any atom is -0.368 e. The Balaban J connectivity index is 1.59. The van der Waals surface area contributed by atoms with E-state index < -0.39 is 10.6 Å². The van der Waals surface area contributed by atoms with E-state index >= 15 is 0 Å². The second kappa shape index (κ2) is 6.88. The first-order valence-electron chi connectivity index (χ1n) is 9.91. The van der Waals surface area contributed by atoms with E-state index in [4.69, 9.17) is 10.7 Å². The zero-order valence-corrected chi connectivity index (χ0v) is 17.3. The highest BCUT2D eigenvalue weighted by molar-refractivity contribution is 8.24. The Morgan fingerprint density at radius 1 is 1.07 bits per heavy atom. The summed E-state index contributed by atoms with van der Waals surface area (Å²) in [7, 11) is -2.79. The van der Waals surface area contributed by atoms with E-state index in [0.29, 0.717) is 23.7 Å². The van der Waals surface area contributed by atoms with Gasteiger partial charge in [-0.2, -0.15) is 10.6 Å². The summed E-state index contributed by atoms with van der Waals surface area (Å²) in [5.41, 5.74) is 10.3. The maximum absolute atomic E-state index is 10.7. The number of nitrogens with two attached hydrogens (primary N) is 1. The number of nitrogens with zero attached hydrogens (tertiary/aromatic N) is 3. The Bertz CT molecular complexity index is 1080. The second-order valence-corrected chi connectivity index (χ2v) is 10.3. The minimum atomic E-state index is -2.79. The molecule has 29 heavy (non-hydrogen) atoms. The van der Waals surface area contributed by atoms with Crippen LogP contribution < -0.4 is 15.5 Å². The van der Waals surface area contributed by atoms with Crippen LogP contribution in [0, 0.1) is 6.92 Å². The van der Waals surface area contributed by atoms with Crippen LogP contribution in [0.5, 0.6) is 0 Å². The standard InChI is InChI=1S/C22H26N4O2S/c1-15-6-7-19-18(10-15)20(26-13-17(23)14-26)11-22(24-19)25-8-9-29(27,28)21-5-3-2-4-16(21)12-25/h2-7,10-11,17,27-28H,8-9,12-14,23H2,1H3. The van der Waals surface area contributed by atoms with E-state index in [1.165, 1.54) is 5.56 Å². The maximum Gasteiger partial charge on any atom is 0.131 e. The van der Waals surface area contributed by atoms with Gasteiger partial charge in [0.1, 0.15) is 5.82 Å². The van der Waals surface area contributed by atoms with Crippen LogP contribution in [0.15, 0.2) is 53.4 Å².